The lowest BCUT2D eigenvalue weighted by Crippen LogP contribution is -1.97. The number of phenols is 1. The molecule has 0 amide bonds. The van der Waals surface area contributed by atoms with Crippen LogP contribution in [0.5, 0.6) is 5.75 Å². The molecule has 1 N–H and O–H groups in total. The van der Waals surface area contributed by atoms with Crippen molar-refractivity contribution < 1.29 is 10.0 Å². The Bertz CT molecular complexity index is 497. The number of hydrogen-bond acceptors (Lipinski definition) is 5. The monoisotopic (exact) mass is 203 g/mol. The summed E-state index contributed by atoms with van der Waals surface area (Å²) in [5.41, 5.74) is -0.506. The summed E-state index contributed by atoms with van der Waals surface area (Å²) in [6.07, 6.45) is -0.155. The van der Waals surface area contributed by atoms with Gasteiger partial charge in [-0.1, -0.05) is 0 Å². The maximum Gasteiger partial charge on any atom is 0.291 e. The topological polar surface area (TPSA) is 111 Å². The number of aromatic hydroxyl groups is 1. The third-order valence-electron chi connectivity index (χ3n) is 1.76. The molecular weight excluding hydrogens is 198 g/mol. The van der Waals surface area contributed by atoms with Gasteiger partial charge < -0.3 is 5.11 Å². The highest BCUT2D eigenvalue weighted by molar-refractivity contribution is 5.57. The van der Waals surface area contributed by atoms with Crippen LogP contribution in [0.2, 0.25) is 0 Å². The van der Waals surface area contributed by atoms with Crippen LogP contribution in [0.15, 0.2) is 12.1 Å². The van der Waals surface area contributed by atoms with Gasteiger partial charge in [0.25, 0.3) is 5.69 Å². The first-order valence-electron chi connectivity index (χ1n) is 3.87. The maximum absolute atomic E-state index is 10.5. The number of benzene rings is 1. The Morgan fingerprint density at radius 1 is 1.47 bits per heavy atom. The molecule has 0 fully saturated rings. The van der Waals surface area contributed by atoms with E-state index in [0.29, 0.717) is 0 Å². The molecule has 0 spiro atoms. The lowest BCUT2D eigenvalue weighted by Gasteiger charge is -2.01. The Morgan fingerprint density at radius 3 is 2.60 bits per heavy atom. The van der Waals surface area contributed by atoms with Gasteiger partial charge >= 0.3 is 0 Å². The minimum absolute atomic E-state index is 0.155. The van der Waals surface area contributed by atoms with Crippen molar-refractivity contribution in [1.29, 1.82) is 10.5 Å². The molecule has 0 radical (unpaired) electrons. The first-order chi connectivity index (χ1) is 7.10. The van der Waals surface area contributed by atoms with Crippen molar-refractivity contribution in [1.82, 2.24) is 0 Å². The van der Waals surface area contributed by atoms with Gasteiger partial charge in [-0.25, -0.2) is 0 Å². The van der Waals surface area contributed by atoms with E-state index in [-0.39, 0.29) is 23.3 Å². The zero-order chi connectivity index (χ0) is 11.4. The first kappa shape index (κ1) is 10.5. The van der Waals surface area contributed by atoms with Crippen LogP contribution in [-0.2, 0) is 6.42 Å². The Balaban J connectivity index is 3.48. The molecule has 0 saturated heterocycles. The van der Waals surface area contributed by atoms with Crippen molar-refractivity contribution in [3.8, 4) is 17.9 Å². The average Bonchev–Trinajstić information content (AvgIpc) is 2.17. The molecule has 15 heavy (non-hydrogen) atoms. The van der Waals surface area contributed by atoms with Crippen molar-refractivity contribution in [2.24, 2.45) is 0 Å². The fourth-order valence-electron chi connectivity index (χ4n) is 1.17. The van der Waals surface area contributed by atoms with Gasteiger partial charge in [0, 0.05) is 0 Å². The smallest absolute Gasteiger partial charge is 0.291 e. The number of nitrogens with zero attached hydrogens (tertiary/aromatic N) is 3. The zero-order valence-corrected chi connectivity index (χ0v) is 7.47. The van der Waals surface area contributed by atoms with Gasteiger partial charge in [0.1, 0.15) is 17.4 Å². The molecule has 1 rings (SSSR count). The number of rotatable bonds is 2. The highest BCUT2D eigenvalue weighted by Crippen LogP contribution is 2.27. The summed E-state index contributed by atoms with van der Waals surface area (Å²) in [6.45, 7) is 0. The average molecular weight is 203 g/mol. The SMILES string of the molecule is N#CCc1cc(O)cc([N+](=O)[O-])c1C#N. The number of phenolic OH excluding ortho intramolecular Hbond substituents is 1. The summed E-state index contributed by atoms with van der Waals surface area (Å²) >= 11 is 0. The molecule has 74 valence electrons. The Labute approximate surface area is 84.8 Å². The first-order valence-corrected chi connectivity index (χ1v) is 3.87. The van der Waals surface area contributed by atoms with E-state index in [1.807, 2.05) is 0 Å². The van der Waals surface area contributed by atoms with Gasteiger partial charge in [-0.15, -0.1) is 0 Å². The van der Waals surface area contributed by atoms with Crippen molar-refractivity contribution in [2.75, 3.05) is 0 Å². The van der Waals surface area contributed by atoms with Crippen molar-refractivity contribution in [3.63, 3.8) is 0 Å². The predicted molar refractivity (Wildman–Crippen MR) is 48.8 cm³/mol. The van der Waals surface area contributed by atoms with E-state index in [9.17, 15) is 10.1 Å². The molecule has 6 nitrogen and oxygen atoms in total. The molecule has 0 aliphatic rings. The summed E-state index contributed by atoms with van der Waals surface area (Å²) in [5, 5.41) is 36.9. The minimum Gasteiger partial charge on any atom is -0.508 e. The van der Waals surface area contributed by atoms with Crippen LogP contribution < -0.4 is 0 Å². The van der Waals surface area contributed by atoms with Crippen LogP contribution in [0.25, 0.3) is 0 Å². The molecule has 0 bridgehead atoms. The second kappa shape index (κ2) is 4.07. The highest BCUT2D eigenvalue weighted by atomic mass is 16.6. The van der Waals surface area contributed by atoms with E-state index in [4.69, 9.17) is 15.6 Å². The second-order valence-electron chi connectivity index (χ2n) is 2.70. The minimum atomic E-state index is -0.765. The summed E-state index contributed by atoms with van der Waals surface area (Å²) < 4.78 is 0. The van der Waals surface area contributed by atoms with Crippen LogP contribution in [-0.4, -0.2) is 10.0 Å². The van der Waals surface area contributed by atoms with Gasteiger partial charge in [0.15, 0.2) is 0 Å². The maximum atomic E-state index is 10.5. The molecule has 6 heteroatoms. The molecule has 1 aromatic carbocycles. The molecule has 0 aliphatic carbocycles. The standard InChI is InChI=1S/C9H5N3O3/c10-2-1-6-3-7(13)4-9(12(14)15)8(6)5-11/h3-4,13H,1H2. The Kier molecular flexibility index (Phi) is 2.85. The van der Waals surface area contributed by atoms with Gasteiger partial charge in [0.2, 0.25) is 0 Å². The lowest BCUT2D eigenvalue weighted by atomic mass is 10.0. The largest absolute Gasteiger partial charge is 0.508 e. The Morgan fingerprint density at radius 2 is 2.13 bits per heavy atom. The van der Waals surface area contributed by atoms with E-state index in [2.05, 4.69) is 0 Å². The summed E-state index contributed by atoms with van der Waals surface area (Å²) in [4.78, 5) is 9.79. The lowest BCUT2D eigenvalue weighted by molar-refractivity contribution is -0.385. The fourth-order valence-corrected chi connectivity index (χ4v) is 1.17. The summed E-state index contributed by atoms with van der Waals surface area (Å²) in [7, 11) is 0. The molecule has 0 saturated carbocycles. The molecule has 1 aromatic rings. The fraction of sp³-hybridized carbons (Fsp3) is 0.111. The van der Waals surface area contributed by atoms with E-state index in [1.54, 1.807) is 12.1 Å². The highest BCUT2D eigenvalue weighted by Gasteiger charge is 2.19. The van der Waals surface area contributed by atoms with Gasteiger partial charge in [-0.05, 0) is 11.6 Å². The predicted octanol–water partition coefficient (Wildman–Crippen LogP) is 1.24. The van der Waals surface area contributed by atoms with E-state index >= 15 is 0 Å². The van der Waals surface area contributed by atoms with Gasteiger partial charge in [-0.3, -0.25) is 10.1 Å². The molecule has 0 aliphatic heterocycles. The number of nitriles is 2. The Hall–Kier alpha value is -2.60. The molecule has 0 atom stereocenters. The molecule has 0 unspecified atom stereocenters. The van der Waals surface area contributed by atoms with Gasteiger partial charge in [-0.2, -0.15) is 10.5 Å². The summed E-state index contributed by atoms with van der Waals surface area (Å²) in [6, 6.07) is 5.48. The van der Waals surface area contributed by atoms with Gasteiger partial charge in [0.05, 0.1) is 23.5 Å². The van der Waals surface area contributed by atoms with E-state index < -0.39 is 10.6 Å². The third kappa shape index (κ3) is 2.01. The number of hydrogen-bond donors (Lipinski definition) is 1. The molecule has 0 aromatic heterocycles. The van der Waals surface area contributed by atoms with Crippen LogP contribution in [0, 0.1) is 32.8 Å². The van der Waals surface area contributed by atoms with E-state index in [0.717, 1.165) is 6.07 Å². The molecular formula is C9H5N3O3. The second-order valence-corrected chi connectivity index (χ2v) is 2.70. The quantitative estimate of drug-likeness (QED) is 0.574. The van der Waals surface area contributed by atoms with Crippen LogP contribution in [0.1, 0.15) is 11.1 Å². The van der Waals surface area contributed by atoms with Crippen LogP contribution >= 0.6 is 0 Å². The van der Waals surface area contributed by atoms with Crippen molar-refractivity contribution in [2.45, 2.75) is 6.42 Å². The molecule has 0 heterocycles. The van der Waals surface area contributed by atoms with Crippen molar-refractivity contribution in [3.05, 3.63) is 33.4 Å². The number of nitro groups is 1. The summed E-state index contributed by atoms with van der Waals surface area (Å²) in [5.74, 6) is -0.328. The van der Waals surface area contributed by atoms with Crippen molar-refractivity contribution >= 4 is 5.69 Å². The van der Waals surface area contributed by atoms with Crippen LogP contribution in [0.4, 0.5) is 5.69 Å². The number of nitro benzene ring substituents is 1. The normalized spacial score (nSPS) is 8.93. The van der Waals surface area contributed by atoms with Crippen LogP contribution in [0.3, 0.4) is 0 Å². The zero-order valence-electron chi connectivity index (χ0n) is 7.47. The third-order valence-corrected chi connectivity index (χ3v) is 1.76. The van der Waals surface area contributed by atoms with E-state index in [1.165, 1.54) is 6.07 Å².